The summed E-state index contributed by atoms with van der Waals surface area (Å²) >= 11 is 0. The number of hydrogen-bond donors (Lipinski definition) is 2. The third-order valence-electron chi connectivity index (χ3n) is 3.76. The zero-order chi connectivity index (χ0) is 15.1. The van der Waals surface area contributed by atoms with Gasteiger partial charge in [-0.25, -0.2) is 0 Å². The minimum atomic E-state index is 0.506. The Balaban J connectivity index is 3.14. The van der Waals surface area contributed by atoms with Crippen LogP contribution in [0.3, 0.4) is 0 Å². The molecular formula is C17H29N3. The molecule has 0 aliphatic carbocycles. The lowest BCUT2D eigenvalue weighted by Gasteiger charge is -2.18. The number of aromatic nitrogens is 1. The molecule has 0 fully saturated rings. The molecule has 1 rings (SSSR count). The van der Waals surface area contributed by atoms with Crippen molar-refractivity contribution in [3.63, 3.8) is 0 Å². The molecule has 20 heavy (non-hydrogen) atoms. The Labute approximate surface area is 123 Å². The Morgan fingerprint density at radius 2 is 2.10 bits per heavy atom. The zero-order valence-corrected chi connectivity index (χ0v) is 13.6. The van der Waals surface area contributed by atoms with Crippen molar-refractivity contribution in [3.05, 3.63) is 28.6 Å². The smallest absolute Gasteiger partial charge is 0.0499 e. The predicted octanol–water partition coefficient (Wildman–Crippen LogP) is 3.69. The highest BCUT2D eigenvalue weighted by Crippen LogP contribution is 2.25. The Hall–Kier alpha value is -1.22. The first kappa shape index (κ1) is 16.8. The highest BCUT2D eigenvalue weighted by molar-refractivity contribution is 5.80. The van der Waals surface area contributed by atoms with Crippen LogP contribution in [0.2, 0.25) is 0 Å². The van der Waals surface area contributed by atoms with Crippen LogP contribution in [-0.2, 0) is 6.42 Å². The summed E-state index contributed by atoms with van der Waals surface area (Å²) in [5, 5.41) is 10.9. The van der Waals surface area contributed by atoms with E-state index in [2.05, 4.69) is 39.1 Å². The molecule has 2 N–H and O–H groups in total. The topological polar surface area (TPSA) is 48.8 Å². The van der Waals surface area contributed by atoms with Gasteiger partial charge < -0.3 is 10.7 Å². The van der Waals surface area contributed by atoms with E-state index < -0.39 is 0 Å². The first-order valence-corrected chi connectivity index (χ1v) is 7.68. The largest absolute Gasteiger partial charge is 0.320 e. The minimum absolute atomic E-state index is 0.506. The fourth-order valence-corrected chi connectivity index (χ4v) is 2.60. The van der Waals surface area contributed by atoms with E-state index in [-0.39, 0.29) is 0 Å². The van der Waals surface area contributed by atoms with Crippen molar-refractivity contribution in [3.8, 4) is 0 Å². The minimum Gasteiger partial charge on any atom is -0.320 e. The molecule has 3 heteroatoms. The van der Waals surface area contributed by atoms with Gasteiger partial charge in [0.15, 0.2) is 0 Å². The average molecular weight is 275 g/mol. The molecule has 0 radical (unpaired) electrons. The number of nitrogens with zero attached hydrogens (tertiary/aromatic N) is 1. The van der Waals surface area contributed by atoms with Crippen molar-refractivity contribution in [1.29, 1.82) is 5.41 Å². The van der Waals surface area contributed by atoms with Crippen molar-refractivity contribution < 1.29 is 0 Å². The molecule has 0 aliphatic rings. The van der Waals surface area contributed by atoms with E-state index in [4.69, 9.17) is 10.4 Å². The summed E-state index contributed by atoms with van der Waals surface area (Å²) < 4.78 is 0. The second kappa shape index (κ2) is 8.15. The Bertz CT molecular complexity index is 438. The van der Waals surface area contributed by atoms with Crippen LogP contribution < -0.4 is 5.32 Å². The summed E-state index contributed by atoms with van der Waals surface area (Å²) in [4.78, 5) is 4.89. The van der Waals surface area contributed by atoms with Gasteiger partial charge in [0.1, 0.15) is 0 Å². The SMILES string of the molecule is CCC(CCNC)c1cc(C)c(C=N)c(CC(C)C)n1. The van der Waals surface area contributed by atoms with E-state index >= 15 is 0 Å². The van der Waals surface area contributed by atoms with Crippen molar-refractivity contribution in [2.75, 3.05) is 13.6 Å². The standard InChI is InChI=1S/C17H29N3/c1-6-14(7-8-19-5)16-10-13(4)15(11-18)17(20-16)9-12(2)3/h10-12,14,18-19H,6-9H2,1-5H3. The van der Waals surface area contributed by atoms with Gasteiger partial charge in [0.25, 0.3) is 0 Å². The van der Waals surface area contributed by atoms with Gasteiger partial charge in [-0.3, -0.25) is 4.98 Å². The maximum Gasteiger partial charge on any atom is 0.0499 e. The lowest BCUT2D eigenvalue weighted by atomic mass is 9.93. The highest BCUT2D eigenvalue weighted by atomic mass is 14.8. The zero-order valence-electron chi connectivity index (χ0n) is 13.6. The van der Waals surface area contributed by atoms with Crippen LogP contribution in [0.15, 0.2) is 6.07 Å². The maximum absolute atomic E-state index is 7.63. The van der Waals surface area contributed by atoms with E-state index in [0.717, 1.165) is 37.1 Å². The molecule has 0 saturated carbocycles. The Morgan fingerprint density at radius 3 is 2.60 bits per heavy atom. The third-order valence-corrected chi connectivity index (χ3v) is 3.76. The molecular weight excluding hydrogens is 246 g/mol. The second-order valence-electron chi connectivity index (χ2n) is 5.96. The number of nitrogens with one attached hydrogen (secondary N) is 2. The lowest BCUT2D eigenvalue weighted by Crippen LogP contribution is -2.14. The van der Waals surface area contributed by atoms with Crippen molar-refractivity contribution in [1.82, 2.24) is 10.3 Å². The molecule has 1 aromatic heterocycles. The summed E-state index contributed by atoms with van der Waals surface area (Å²) in [5.41, 5.74) is 4.48. The molecule has 1 unspecified atom stereocenters. The lowest BCUT2D eigenvalue weighted by molar-refractivity contribution is 0.561. The van der Waals surface area contributed by atoms with Crippen LogP contribution in [0.25, 0.3) is 0 Å². The summed E-state index contributed by atoms with van der Waals surface area (Å²) in [5.74, 6) is 1.07. The monoisotopic (exact) mass is 275 g/mol. The molecule has 3 nitrogen and oxygen atoms in total. The Morgan fingerprint density at radius 1 is 1.40 bits per heavy atom. The molecule has 0 aliphatic heterocycles. The summed E-state index contributed by atoms with van der Waals surface area (Å²) in [6.07, 6.45) is 4.63. The molecule has 0 spiro atoms. The summed E-state index contributed by atoms with van der Waals surface area (Å²) in [6.45, 7) is 9.75. The van der Waals surface area contributed by atoms with Crippen molar-refractivity contribution in [2.45, 2.75) is 52.9 Å². The van der Waals surface area contributed by atoms with E-state index in [1.807, 2.05) is 7.05 Å². The Kier molecular flexibility index (Phi) is 6.86. The van der Waals surface area contributed by atoms with Crippen LogP contribution >= 0.6 is 0 Å². The van der Waals surface area contributed by atoms with Gasteiger partial charge in [-0.1, -0.05) is 20.8 Å². The van der Waals surface area contributed by atoms with Crippen LogP contribution in [0.5, 0.6) is 0 Å². The number of rotatable bonds is 8. The fraction of sp³-hybridized carbons (Fsp3) is 0.647. The summed E-state index contributed by atoms with van der Waals surface area (Å²) in [7, 11) is 1.99. The quantitative estimate of drug-likeness (QED) is 0.711. The van der Waals surface area contributed by atoms with E-state index in [1.54, 1.807) is 0 Å². The summed E-state index contributed by atoms with van der Waals surface area (Å²) in [6, 6.07) is 2.17. The molecule has 0 amide bonds. The van der Waals surface area contributed by atoms with Gasteiger partial charge in [-0.15, -0.1) is 0 Å². The van der Waals surface area contributed by atoms with Gasteiger partial charge in [0.2, 0.25) is 0 Å². The van der Waals surface area contributed by atoms with E-state index in [9.17, 15) is 0 Å². The molecule has 0 saturated heterocycles. The second-order valence-corrected chi connectivity index (χ2v) is 5.96. The molecule has 1 atom stereocenters. The van der Waals surface area contributed by atoms with Gasteiger partial charge in [-0.05, 0) is 57.3 Å². The molecule has 0 aromatic carbocycles. The number of hydrogen-bond acceptors (Lipinski definition) is 3. The third kappa shape index (κ3) is 4.41. The van der Waals surface area contributed by atoms with Crippen LogP contribution in [-0.4, -0.2) is 24.8 Å². The van der Waals surface area contributed by atoms with Crippen LogP contribution in [0.1, 0.15) is 62.0 Å². The molecule has 1 heterocycles. The maximum atomic E-state index is 7.63. The van der Waals surface area contributed by atoms with Gasteiger partial charge >= 0.3 is 0 Å². The number of aryl methyl sites for hydroxylation is 1. The normalized spacial score (nSPS) is 12.7. The first-order chi connectivity index (χ1) is 9.53. The fourth-order valence-electron chi connectivity index (χ4n) is 2.60. The average Bonchev–Trinajstić information content (AvgIpc) is 2.38. The van der Waals surface area contributed by atoms with Crippen molar-refractivity contribution >= 4 is 6.21 Å². The van der Waals surface area contributed by atoms with E-state index in [1.165, 1.54) is 17.5 Å². The molecule has 112 valence electrons. The molecule has 0 bridgehead atoms. The van der Waals surface area contributed by atoms with Crippen molar-refractivity contribution in [2.24, 2.45) is 5.92 Å². The van der Waals surface area contributed by atoms with Crippen LogP contribution in [0, 0.1) is 18.3 Å². The number of pyridine rings is 1. The predicted molar refractivity (Wildman–Crippen MR) is 87.0 cm³/mol. The van der Waals surface area contributed by atoms with Crippen LogP contribution in [0.4, 0.5) is 0 Å². The van der Waals surface area contributed by atoms with Gasteiger partial charge in [0.05, 0.1) is 0 Å². The molecule has 1 aromatic rings. The highest BCUT2D eigenvalue weighted by Gasteiger charge is 2.15. The van der Waals surface area contributed by atoms with Gasteiger partial charge in [0, 0.05) is 29.1 Å². The van der Waals surface area contributed by atoms with E-state index in [0.29, 0.717) is 11.8 Å². The van der Waals surface area contributed by atoms with Gasteiger partial charge in [-0.2, -0.15) is 0 Å². The first-order valence-electron chi connectivity index (χ1n) is 7.68.